The molecule has 0 aliphatic carbocycles. The van der Waals surface area contributed by atoms with Crippen molar-refractivity contribution in [2.24, 2.45) is 7.05 Å². The molecule has 0 saturated heterocycles. The Morgan fingerprint density at radius 2 is 1.84 bits per heavy atom. The summed E-state index contributed by atoms with van der Waals surface area (Å²) in [5, 5.41) is 27.4. The molecule has 12 heteroatoms. The van der Waals surface area contributed by atoms with E-state index in [0.717, 1.165) is 41.7 Å². The Morgan fingerprint density at radius 3 is 2.65 bits per heavy atom. The van der Waals surface area contributed by atoms with Crippen molar-refractivity contribution >= 4 is 24.2 Å². The molecule has 0 amide bonds. The van der Waals surface area contributed by atoms with E-state index in [-0.39, 0.29) is 12.4 Å². The number of halogens is 1. The molecule has 4 aromatic rings. The average Bonchev–Trinajstić information content (AvgIpc) is 3.40. The monoisotopic (exact) mass is 459 g/mol. The maximum Gasteiger partial charge on any atom is 0.345 e. The second-order valence-electron chi connectivity index (χ2n) is 6.42. The second kappa shape index (κ2) is 11.4. The smallest absolute Gasteiger partial charge is 0.345 e. The first kappa shape index (κ1) is 22.7. The number of nitrogens with one attached hydrogen (secondary N) is 1. The molecule has 0 radical (unpaired) electrons. The van der Waals surface area contributed by atoms with Crippen LogP contribution in [-0.2, 0) is 13.6 Å². The van der Waals surface area contributed by atoms with E-state index in [9.17, 15) is 0 Å². The Morgan fingerprint density at radius 1 is 1.00 bits per heavy atom. The minimum atomic E-state index is 0. The van der Waals surface area contributed by atoms with Gasteiger partial charge < -0.3 is 10.1 Å². The number of thioether (sulfide) groups is 1. The summed E-state index contributed by atoms with van der Waals surface area (Å²) in [6.45, 7) is 1.65. The van der Waals surface area contributed by atoms with Gasteiger partial charge in [-0.1, -0.05) is 47.2 Å². The van der Waals surface area contributed by atoms with Gasteiger partial charge in [0.05, 0.1) is 5.69 Å². The van der Waals surface area contributed by atoms with Crippen LogP contribution in [0.25, 0.3) is 5.69 Å². The van der Waals surface area contributed by atoms with Gasteiger partial charge in [-0.25, -0.2) is 4.68 Å². The highest BCUT2D eigenvalue weighted by molar-refractivity contribution is 7.99. The number of aryl methyl sites for hydroxylation is 1. The molecule has 2 heterocycles. The van der Waals surface area contributed by atoms with Gasteiger partial charge >= 0.3 is 6.01 Å². The van der Waals surface area contributed by atoms with Crippen LogP contribution in [-0.4, -0.2) is 52.7 Å². The Bertz CT molecular complexity index is 1070. The van der Waals surface area contributed by atoms with Crippen LogP contribution in [0.3, 0.4) is 0 Å². The molecule has 0 fully saturated rings. The van der Waals surface area contributed by atoms with Gasteiger partial charge in [0.15, 0.2) is 0 Å². The number of hydrogen-bond acceptors (Lipinski definition) is 9. The van der Waals surface area contributed by atoms with Gasteiger partial charge in [-0.2, -0.15) is 4.68 Å². The number of nitrogens with zero attached hydrogens (tertiary/aromatic N) is 8. The lowest BCUT2D eigenvalue weighted by molar-refractivity contribution is 0.426. The standard InChI is InChI=1S/C19H21N9OS.ClH/c1-27-19(22-24-25-27)30-12-6-11-20-14-15-7-5-10-17(13-15)29-18-21-23-26-28(18)16-8-3-2-4-9-16;/h2-5,7-10,13,20H,6,11-12,14H2,1H3;1H. The summed E-state index contributed by atoms with van der Waals surface area (Å²) in [7, 11) is 1.84. The molecule has 31 heavy (non-hydrogen) atoms. The molecule has 10 nitrogen and oxygen atoms in total. The van der Waals surface area contributed by atoms with Gasteiger partial charge in [0, 0.05) is 19.3 Å². The normalized spacial score (nSPS) is 10.6. The van der Waals surface area contributed by atoms with Gasteiger partial charge in [0.2, 0.25) is 5.16 Å². The average molecular weight is 460 g/mol. The fourth-order valence-corrected chi connectivity index (χ4v) is 3.52. The van der Waals surface area contributed by atoms with Crippen molar-refractivity contribution in [1.29, 1.82) is 0 Å². The summed E-state index contributed by atoms with van der Waals surface area (Å²) >= 11 is 1.65. The summed E-state index contributed by atoms with van der Waals surface area (Å²) in [4.78, 5) is 0. The molecule has 0 bridgehead atoms. The van der Waals surface area contributed by atoms with Crippen LogP contribution in [0, 0.1) is 0 Å². The number of tetrazole rings is 2. The SMILES string of the molecule is Cl.Cn1nnnc1SCCCNCc1cccc(Oc2nnnn2-c2ccccc2)c1. The van der Waals surface area contributed by atoms with Crippen molar-refractivity contribution in [3.63, 3.8) is 0 Å². The maximum absolute atomic E-state index is 5.92. The lowest BCUT2D eigenvalue weighted by Gasteiger charge is -2.08. The van der Waals surface area contributed by atoms with Crippen molar-refractivity contribution in [3.8, 4) is 17.4 Å². The molecule has 4 rings (SSSR count). The van der Waals surface area contributed by atoms with Crippen molar-refractivity contribution in [2.45, 2.75) is 18.1 Å². The van der Waals surface area contributed by atoms with E-state index in [1.165, 1.54) is 0 Å². The lowest BCUT2D eigenvalue weighted by atomic mass is 10.2. The third-order valence-corrected chi connectivity index (χ3v) is 5.29. The van der Waals surface area contributed by atoms with E-state index in [1.807, 2.05) is 55.6 Å². The van der Waals surface area contributed by atoms with Crippen LogP contribution in [0.15, 0.2) is 59.8 Å². The highest BCUT2D eigenvalue weighted by Gasteiger charge is 2.10. The molecule has 0 atom stereocenters. The summed E-state index contributed by atoms with van der Waals surface area (Å²) < 4.78 is 9.16. The first-order valence-electron chi connectivity index (χ1n) is 9.46. The first-order chi connectivity index (χ1) is 14.8. The largest absolute Gasteiger partial charge is 0.423 e. The number of ether oxygens (including phenoxy) is 1. The first-order valence-corrected chi connectivity index (χ1v) is 10.4. The van der Waals surface area contributed by atoms with E-state index in [2.05, 4.69) is 42.4 Å². The summed E-state index contributed by atoms with van der Waals surface area (Å²) in [5.74, 6) is 1.64. The number of aromatic nitrogens is 8. The van der Waals surface area contributed by atoms with Crippen LogP contribution in [0.1, 0.15) is 12.0 Å². The zero-order valence-electron chi connectivity index (χ0n) is 16.8. The van der Waals surface area contributed by atoms with Crippen molar-refractivity contribution in [1.82, 2.24) is 45.7 Å². The van der Waals surface area contributed by atoms with E-state index < -0.39 is 0 Å². The van der Waals surface area contributed by atoms with Crippen LogP contribution >= 0.6 is 24.2 Å². The summed E-state index contributed by atoms with van der Waals surface area (Å²) in [5.41, 5.74) is 1.96. The van der Waals surface area contributed by atoms with E-state index in [1.54, 1.807) is 21.1 Å². The minimum Gasteiger partial charge on any atom is -0.423 e. The molecule has 0 aliphatic rings. The van der Waals surface area contributed by atoms with Gasteiger partial charge in [-0.15, -0.1) is 17.5 Å². The minimum absolute atomic E-state index is 0. The number of para-hydroxylation sites is 1. The number of rotatable bonds is 10. The van der Waals surface area contributed by atoms with Crippen molar-refractivity contribution in [3.05, 3.63) is 60.2 Å². The summed E-state index contributed by atoms with van der Waals surface area (Å²) in [6, 6.07) is 17.8. The summed E-state index contributed by atoms with van der Waals surface area (Å²) in [6.07, 6.45) is 1.01. The van der Waals surface area contributed by atoms with Crippen LogP contribution in [0.4, 0.5) is 0 Å². The Kier molecular flexibility index (Phi) is 8.33. The van der Waals surface area contributed by atoms with Crippen LogP contribution in [0.2, 0.25) is 0 Å². The zero-order valence-corrected chi connectivity index (χ0v) is 18.5. The van der Waals surface area contributed by atoms with Gasteiger partial charge in [0.25, 0.3) is 0 Å². The second-order valence-corrected chi connectivity index (χ2v) is 7.48. The predicted octanol–water partition coefficient (Wildman–Crippen LogP) is 2.67. The molecule has 162 valence electrons. The molecule has 0 spiro atoms. The van der Waals surface area contributed by atoms with Crippen molar-refractivity contribution < 1.29 is 4.74 Å². The third kappa shape index (κ3) is 6.23. The molecule has 0 aliphatic heterocycles. The Hall–Kier alpha value is -3.02. The molecule has 0 saturated carbocycles. The fourth-order valence-electron chi connectivity index (χ4n) is 2.74. The number of hydrogen-bond donors (Lipinski definition) is 1. The molecule has 2 aromatic carbocycles. The number of benzene rings is 2. The Balaban J connectivity index is 0.00000272. The van der Waals surface area contributed by atoms with E-state index >= 15 is 0 Å². The van der Waals surface area contributed by atoms with E-state index in [4.69, 9.17) is 4.74 Å². The predicted molar refractivity (Wildman–Crippen MR) is 119 cm³/mol. The van der Waals surface area contributed by atoms with Crippen LogP contribution < -0.4 is 10.1 Å². The highest BCUT2D eigenvalue weighted by atomic mass is 35.5. The van der Waals surface area contributed by atoms with E-state index in [0.29, 0.717) is 11.8 Å². The Labute approximate surface area is 189 Å². The van der Waals surface area contributed by atoms with Crippen molar-refractivity contribution in [2.75, 3.05) is 12.3 Å². The van der Waals surface area contributed by atoms with Gasteiger partial charge in [0.1, 0.15) is 5.75 Å². The molecule has 2 aromatic heterocycles. The topological polar surface area (TPSA) is 108 Å². The molecular formula is C19H22ClN9OS. The molecule has 1 N–H and O–H groups in total. The maximum atomic E-state index is 5.92. The highest BCUT2D eigenvalue weighted by Crippen LogP contribution is 2.22. The van der Waals surface area contributed by atoms with Crippen LogP contribution in [0.5, 0.6) is 11.8 Å². The van der Waals surface area contributed by atoms with Gasteiger partial charge in [-0.3, -0.25) is 0 Å². The lowest BCUT2D eigenvalue weighted by Crippen LogP contribution is -2.15. The molecular weight excluding hydrogens is 438 g/mol. The van der Waals surface area contributed by atoms with Gasteiger partial charge in [-0.05, 0) is 63.6 Å². The zero-order chi connectivity index (χ0) is 20.6. The third-order valence-electron chi connectivity index (χ3n) is 4.19. The quantitative estimate of drug-likeness (QED) is 0.282. The molecule has 0 unspecified atom stereocenters. The fraction of sp³-hybridized carbons (Fsp3) is 0.263.